The van der Waals surface area contributed by atoms with Gasteiger partial charge in [0.1, 0.15) is 6.61 Å². The summed E-state index contributed by atoms with van der Waals surface area (Å²) in [5.41, 5.74) is 3.65. The molecule has 0 atom stereocenters. The maximum absolute atomic E-state index is 11.9. The number of hydrogen-bond acceptors (Lipinski definition) is 5. The van der Waals surface area contributed by atoms with Crippen LogP contribution in [0.3, 0.4) is 0 Å². The second kappa shape index (κ2) is 12.0. The molecule has 0 aromatic heterocycles. The summed E-state index contributed by atoms with van der Waals surface area (Å²) in [7, 11) is 1.53. The zero-order valence-corrected chi connectivity index (χ0v) is 18.6. The molecule has 158 valence electrons. The number of carbonyl (C=O) groups is 2. The highest BCUT2D eigenvalue weighted by Crippen LogP contribution is 2.36. The highest BCUT2D eigenvalue weighted by atomic mass is 79.9. The van der Waals surface area contributed by atoms with E-state index in [-0.39, 0.29) is 24.7 Å². The van der Waals surface area contributed by atoms with Gasteiger partial charge in [0.15, 0.2) is 11.5 Å². The molecule has 0 spiro atoms. The van der Waals surface area contributed by atoms with Crippen LogP contribution < -0.4 is 20.2 Å². The molecule has 0 bridgehead atoms. The quantitative estimate of drug-likeness (QED) is 0.288. The number of halogens is 2. The summed E-state index contributed by atoms with van der Waals surface area (Å²) in [6, 6.07) is 10.3. The van der Waals surface area contributed by atoms with Crippen LogP contribution in [-0.2, 0) is 9.59 Å². The SMILES string of the molecule is C=CCOc1c(Br)cc(C=NNC(=O)CCC(=O)Nc2cccc(Cl)c2)cc1OC. The van der Waals surface area contributed by atoms with Crippen LogP contribution in [0.5, 0.6) is 11.5 Å². The van der Waals surface area contributed by atoms with Gasteiger partial charge < -0.3 is 14.8 Å². The average Bonchev–Trinajstić information content (AvgIpc) is 2.71. The van der Waals surface area contributed by atoms with Gasteiger partial charge in [0.05, 0.1) is 17.8 Å². The molecular weight excluding hydrogens is 474 g/mol. The van der Waals surface area contributed by atoms with Crippen LogP contribution in [0, 0.1) is 0 Å². The Balaban J connectivity index is 1.85. The van der Waals surface area contributed by atoms with Gasteiger partial charge >= 0.3 is 0 Å². The third-order valence-corrected chi connectivity index (χ3v) is 4.51. The second-order valence-electron chi connectivity index (χ2n) is 5.99. The molecule has 7 nitrogen and oxygen atoms in total. The van der Waals surface area contributed by atoms with E-state index in [2.05, 4.69) is 38.4 Å². The van der Waals surface area contributed by atoms with E-state index in [4.69, 9.17) is 21.1 Å². The van der Waals surface area contributed by atoms with Crippen molar-refractivity contribution < 1.29 is 19.1 Å². The number of nitrogens with one attached hydrogen (secondary N) is 2. The third-order valence-electron chi connectivity index (χ3n) is 3.69. The van der Waals surface area contributed by atoms with Crippen LogP contribution >= 0.6 is 27.5 Å². The van der Waals surface area contributed by atoms with E-state index in [1.165, 1.54) is 13.3 Å². The topological polar surface area (TPSA) is 89.0 Å². The molecule has 0 fully saturated rings. The van der Waals surface area contributed by atoms with E-state index in [1.54, 1.807) is 42.5 Å². The van der Waals surface area contributed by atoms with E-state index in [0.29, 0.717) is 38.9 Å². The van der Waals surface area contributed by atoms with Gasteiger partial charge in [-0.2, -0.15) is 5.10 Å². The summed E-state index contributed by atoms with van der Waals surface area (Å²) in [5, 5.41) is 7.11. The number of carbonyl (C=O) groups excluding carboxylic acids is 2. The van der Waals surface area contributed by atoms with Crippen molar-refractivity contribution in [3.05, 3.63) is 64.1 Å². The molecule has 30 heavy (non-hydrogen) atoms. The van der Waals surface area contributed by atoms with Crippen molar-refractivity contribution in [2.75, 3.05) is 19.0 Å². The van der Waals surface area contributed by atoms with Crippen molar-refractivity contribution in [1.29, 1.82) is 0 Å². The minimum Gasteiger partial charge on any atom is -0.493 e. The smallest absolute Gasteiger partial charge is 0.240 e. The van der Waals surface area contributed by atoms with Gasteiger partial charge in [0, 0.05) is 23.6 Å². The lowest BCUT2D eigenvalue weighted by Crippen LogP contribution is -2.20. The van der Waals surface area contributed by atoms with E-state index >= 15 is 0 Å². The standard InChI is InChI=1S/C21H21BrClN3O4/c1-3-9-30-21-17(22)10-14(11-18(21)29-2)13-24-26-20(28)8-7-19(27)25-16-6-4-5-15(23)12-16/h3-6,10-13H,1,7-9H2,2H3,(H,25,27)(H,26,28). The number of anilines is 1. The normalized spacial score (nSPS) is 10.5. The minimum absolute atomic E-state index is 0.00884. The lowest BCUT2D eigenvalue weighted by Gasteiger charge is -2.12. The van der Waals surface area contributed by atoms with Crippen LogP contribution in [0.2, 0.25) is 5.02 Å². The molecule has 0 unspecified atom stereocenters. The van der Waals surface area contributed by atoms with Gasteiger partial charge in [-0.15, -0.1) is 0 Å². The van der Waals surface area contributed by atoms with Crippen molar-refractivity contribution in [2.24, 2.45) is 5.10 Å². The second-order valence-corrected chi connectivity index (χ2v) is 7.28. The molecule has 0 saturated carbocycles. The number of amides is 2. The number of ether oxygens (including phenoxy) is 2. The first-order valence-electron chi connectivity index (χ1n) is 8.91. The molecule has 2 rings (SSSR count). The molecule has 0 heterocycles. The van der Waals surface area contributed by atoms with Crippen LogP contribution in [-0.4, -0.2) is 31.7 Å². The molecule has 9 heteroatoms. The van der Waals surface area contributed by atoms with Gasteiger partial charge in [-0.1, -0.05) is 30.3 Å². The highest BCUT2D eigenvalue weighted by molar-refractivity contribution is 9.10. The maximum atomic E-state index is 11.9. The van der Waals surface area contributed by atoms with Crippen molar-refractivity contribution in [1.82, 2.24) is 5.43 Å². The summed E-state index contributed by atoms with van der Waals surface area (Å²) >= 11 is 9.29. The molecule has 0 saturated heterocycles. The predicted molar refractivity (Wildman–Crippen MR) is 121 cm³/mol. The molecule has 2 N–H and O–H groups in total. The third kappa shape index (κ3) is 7.53. The fraction of sp³-hybridized carbons (Fsp3) is 0.190. The van der Waals surface area contributed by atoms with Crippen molar-refractivity contribution in [3.8, 4) is 11.5 Å². The summed E-state index contributed by atoms with van der Waals surface area (Å²) < 4.78 is 11.6. The fourth-order valence-electron chi connectivity index (χ4n) is 2.35. The van der Waals surface area contributed by atoms with Crippen LogP contribution in [0.4, 0.5) is 5.69 Å². The summed E-state index contributed by atoms with van der Waals surface area (Å²) in [5.74, 6) is 0.380. The zero-order valence-electron chi connectivity index (χ0n) is 16.3. The predicted octanol–water partition coefficient (Wildman–Crippen LogP) is 4.54. The summed E-state index contributed by atoms with van der Waals surface area (Å²) in [6.07, 6.45) is 3.11. The number of hydrogen-bond donors (Lipinski definition) is 2. The average molecular weight is 495 g/mol. The molecule has 2 aromatic rings. The van der Waals surface area contributed by atoms with Gasteiger partial charge in [-0.25, -0.2) is 5.43 Å². The monoisotopic (exact) mass is 493 g/mol. The molecule has 0 aliphatic heterocycles. The number of benzene rings is 2. The lowest BCUT2D eigenvalue weighted by molar-refractivity contribution is -0.124. The summed E-state index contributed by atoms with van der Waals surface area (Å²) in [6.45, 7) is 3.95. The van der Waals surface area contributed by atoms with Crippen molar-refractivity contribution in [2.45, 2.75) is 12.8 Å². The molecule has 2 amide bonds. The first-order chi connectivity index (χ1) is 14.4. The fourth-order valence-corrected chi connectivity index (χ4v) is 3.11. The summed E-state index contributed by atoms with van der Waals surface area (Å²) in [4.78, 5) is 23.8. The van der Waals surface area contributed by atoms with Gasteiger partial charge in [-0.3, -0.25) is 9.59 Å². The Morgan fingerprint density at radius 3 is 2.70 bits per heavy atom. The van der Waals surface area contributed by atoms with Gasteiger partial charge in [0.2, 0.25) is 11.8 Å². The van der Waals surface area contributed by atoms with Crippen molar-refractivity contribution >= 4 is 51.2 Å². The Hall–Kier alpha value is -2.84. The molecular formula is C21H21BrClN3O4. The van der Waals surface area contributed by atoms with Gasteiger partial charge in [-0.05, 0) is 51.8 Å². The highest BCUT2D eigenvalue weighted by Gasteiger charge is 2.11. The first kappa shape index (κ1) is 23.4. The Labute approximate surface area is 188 Å². The van der Waals surface area contributed by atoms with Crippen LogP contribution in [0.15, 0.2) is 58.6 Å². The zero-order chi connectivity index (χ0) is 21.9. The number of rotatable bonds is 10. The van der Waals surface area contributed by atoms with E-state index in [1.807, 2.05) is 0 Å². The minimum atomic E-state index is -0.385. The Bertz CT molecular complexity index is 950. The Morgan fingerprint density at radius 1 is 1.23 bits per heavy atom. The number of hydrazone groups is 1. The molecule has 2 aromatic carbocycles. The van der Waals surface area contributed by atoms with Crippen LogP contribution in [0.25, 0.3) is 0 Å². The number of nitrogens with zero attached hydrogens (tertiary/aromatic N) is 1. The first-order valence-corrected chi connectivity index (χ1v) is 10.1. The number of methoxy groups -OCH3 is 1. The maximum Gasteiger partial charge on any atom is 0.240 e. The van der Waals surface area contributed by atoms with E-state index < -0.39 is 0 Å². The lowest BCUT2D eigenvalue weighted by atomic mass is 10.2. The van der Waals surface area contributed by atoms with Crippen LogP contribution in [0.1, 0.15) is 18.4 Å². The largest absolute Gasteiger partial charge is 0.493 e. The molecule has 0 radical (unpaired) electrons. The van der Waals surface area contributed by atoms with Gasteiger partial charge in [0.25, 0.3) is 0 Å². The van der Waals surface area contributed by atoms with Crippen molar-refractivity contribution in [3.63, 3.8) is 0 Å². The van der Waals surface area contributed by atoms with E-state index in [9.17, 15) is 9.59 Å². The Morgan fingerprint density at radius 2 is 2.00 bits per heavy atom. The molecule has 0 aliphatic rings. The Kier molecular flexibility index (Phi) is 9.37. The molecule has 0 aliphatic carbocycles. The van der Waals surface area contributed by atoms with E-state index in [0.717, 1.165) is 0 Å².